The van der Waals surface area contributed by atoms with Crippen LogP contribution in [-0.2, 0) is 19.1 Å². The fraction of sp³-hybridized carbons (Fsp3) is 0.625. The van der Waals surface area contributed by atoms with Gasteiger partial charge in [-0.3, -0.25) is 0 Å². The van der Waals surface area contributed by atoms with Crippen LogP contribution in [0.3, 0.4) is 0 Å². The molecule has 0 saturated heterocycles. The van der Waals surface area contributed by atoms with Crippen molar-refractivity contribution in [1.29, 1.82) is 0 Å². The van der Waals surface area contributed by atoms with Gasteiger partial charge in [0.15, 0.2) is 0 Å². The number of rotatable bonds is 8. The molecule has 20 heavy (non-hydrogen) atoms. The fourth-order valence-electron chi connectivity index (χ4n) is 1.07. The van der Waals surface area contributed by atoms with E-state index in [2.05, 4.69) is 24.8 Å². The Morgan fingerprint density at radius 1 is 0.850 bits per heavy atom. The van der Waals surface area contributed by atoms with Crippen molar-refractivity contribution < 1.29 is 19.1 Å². The Balaban J connectivity index is 0. The van der Waals surface area contributed by atoms with Gasteiger partial charge < -0.3 is 9.47 Å². The molecule has 0 amide bonds. The number of ether oxygens (including phenoxy) is 2. The number of hydrogen-bond donors (Lipinski definition) is 0. The fourth-order valence-corrected chi connectivity index (χ4v) is 1.07. The average Bonchev–Trinajstić information content (AvgIpc) is 2.39. The first-order valence-corrected chi connectivity index (χ1v) is 7.02. The Morgan fingerprint density at radius 2 is 1.35 bits per heavy atom. The Kier molecular flexibility index (Phi) is 14.3. The van der Waals surface area contributed by atoms with Crippen molar-refractivity contribution in [3.63, 3.8) is 0 Å². The first kappa shape index (κ1) is 20.7. The van der Waals surface area contributed by atoms with Crippen molar-refractivity contribution >= 4 is 11.9 Å². The number of esters is 2. The first-order chi connectivity index (χ1) is 9.36. The maximum Gasteiger partial charge on any atom is 0.333 e. The minimum atomic E-state index is -0.312. The van der Waals surface area contributed by atoms with E-state index in [1.807, 2.05) is 0 Å². The van der Waals surface area contributed by atoms with Crippen molar-refractivity contribution in [2.75, 3.05) is 13.2 Å². The van der Waals surface area contributed by atoms with Crippen molar-refractivity contribution in [1.82, 2.24) is 0 Å². The molecule has 0 aliphatic carbocycles. The quantitative estimate of drug-likeness (QED) is 0.386. The molecule has 0 unspecified atom stereocenters. The lowest BCUT2D eigenvalue weighted by molar-refractivity contribution is -0.139. The van der Waals surface area contributed by atoms with Gasteiger partial charge in [-0.25, -0.2) is 9.59 Å². The van der Waals surface area contributed by atoms with E-state index in [1.54, 1.807) is 20.8 Å². The molecule has 0 N–H and O–H groups in total. The summed E-state index contributed by atoms with van der Waals surface area (Å²) < 4.78 is 9.48. The molecule has 4 nitrogen and oxygen atoms in total. The predicted molar refractivity (Wildman–Crippen MR) is 81.4 cm³/mol. The Hall–Kier alpha value is -1.58. The minimum Gasteiger partial charge on any atom is -0.463 e. The van der Waals surface area contributed by atoms with Gasteiger partial charge in [-0.2, -0.15) is 0 Å². The molecule has 0 radical (unpaired) electrons. The van der Waals surface area contributed by atoms with E-state index in [1.165, 1.54) is 12.8 Å². The molecule has 0 saturated carbocycles. The lowest BCUT2D eigenvalue weighted by Gasteiger charge is -2.02. The zero-order chi connectivity index (χ0) is 16.0. The van der Waals surface area contributed by atoms with Crippen molar-refractivity contribution in [2.24, 2.45) is 0 Å². The van der Waals surface area contributed by atoms with Crippen molar-refractivity contribution in [2.45, 2.75) is 53.4 Å². The lowest BCUT2D eigenvalue weighted by Crippen LogP contribution is -2.05. The van der Waals surface area contributed by atoms with Crippen LogP contribution in [0.5, 0.6) is 0 Å². The molecular weight excluding hydrogens is 256 g/mol. The van der Waals surface area contributed by atoms with Gasteiger partial charge in [0.2, 0.25) is 0 Å². The highest BCUT2D eigenvalue weighted by atomic mass is 16.5. The van der Waals surface area contributed by atoms with E-state index in [9.17, 15) is 9.59 Å². The highest BCUT2D eigenvalue weighted by Gasteiger charge is 2.01. The molecular formula is C16H28O4. The molecule has 0 bridgehead atoms. The SMILES string of the molecule is C=C(C)C(=O)OCC.C=C(C)C(=O)OCCCCCC. The minimum absolute atomic E-state index is 0.272. The highest BCUT2D eigenvalue weighted by Crippen LogP contribution is 2.00. The monoisotopic (exact) mass is 284 g/mol. The second-order valence-corrected chi connectivity index (χ2v) is 4.48. The van der Waals surface area contributed by atoms with Crippen molar-refractivity contribution in [3.05, 3.63) is 24.3 Å². The van der Waals surface area contributed by atoms with Gasteiger partial charge in [0.25, 0.3) is 0 Å². The van der Waals surface area contributed by atoms with Gasteiger partial charge in [-0.15, -0.1) is 0 Å². The number of hydrogen-bond acceptors (Lipinski definition) is 4. The van der Waals surface area contributed by atoms with Crippen LogP contribution in [-0.4, -0.2) is 25.2 Å². The van der Waals surface area contributed by atoms with E-state index in [0.29, 0.717) is 24.4 Å². The van der Waals surface area contributed by atoms with E-state index in [-0.39, 0.29) is 11.9 Å². The summed E-state index contributed by atoms with van der Waals surface area (Å²) in [6.45, 7) is 15.1. The molecule has 116 valence electrons. The Bertz CT molecular complexity index is 318. The predicted octanol–water partition coefficient (Wildman–Crippen LogP) is 3.81. The van der Waals surface area contributed by atoms with Crippen LogP contribution in [0.2, 0.25) is 0 Å². The maximum absolute atomic E-state index is 10.9. The van der Waals surface area contributed by atoms with E-state index in [4.69, 9.17) is 4.74 Å². The van der Waals surface area contributed by atoms with E-state index < -0.39 is 0 Å². The van der Waals surface area contributed by atoms with Crippen LogP contribution in [0.15, 0.2) is 24.3 Å². The summed E-state index contributed by atoms with van der Waals surface area (Å²) in [5.74, 6) is -0.584. The molecule has 0 heterocycles. The van der Waals surface area contributed by atoms with Crippen molar-refractivity contribution in [3.8, 4) is 0 Å². The molecule has 0 rings (SSSR count). The smallest absolute Gasteiger partial charge is 0.333 e. The van der Waals surface area contributed by atoms with Crippen LogP contribution in [0.4, 0.5) is 0 Å². The molecule has 0 aliphatic heterocycles. The van der Waals surface area contributed by atoms with Crippen LogP contribution < -0.4 is 0 Å². The van der Waals surface area contributed by atoms with Crippen LogP contribution in [0, 0.1) is 0 Å². The Morgan fingerprint density at radius 3 is 1.70 bits per heavy atom. The summed E-state index contributed by atoms with van der Waals surface area (Å²) >= 11 is 0. The van der Waals surface area contributed by atoms with Gasteiger partial charge in [0.1, 0.15) is 0 Å². The topological polar surface area (TPSA) is 52.6 Å². The summed E-state index contributed by atoms with van der Waals surface area (Å²) in [5.41, 5.74) is 0.928. The van der Waals surface area contributed by atoms with E-state index >= 15 is 0 Å². The molecule has 0 aromatic rings. The maximum atomic E-state index is 10.9. The normalized spacial score (nSPS) is 9.00. The van der Waals surface area contributed by atoms with Crippen LogP contribution >= 0.6 is 0 Å². The summed E-state index contributed by atoms with van der Waals surface area (Å²) in [5, 5.41) is 0. The molecule has 0 aromatic heterocycles. The molecule has 0 aliphatic rings. The van der Waals surface area contributed by atoms with Gasteiger partial charge in [0.05, 0.1) is 13.2 Å². The van der Waals surface area contributed by atoms with Gasteiger partial charge in [0, 0.05) is 11.1 Å². The third-order valence-electron chi connectivity index (χ3n) is 2.20. The van der Waals surface area contributed by atoms with Crippen LogP contribution in [0.1, 0.15) is 53.4 Å². The van der Waals surface area contributed by atoms with Crippen LogP contribution in [0.25, 0.3) is 0 Å². The Labute approximate surface area is 122 Å². The second-order valence-electron chi connectivity index (χ2n) is 4.48. The molecule has 4 heteroatoms. The highest BCUT2D eigenvalue weighted by molar-refractivity contribution is 5.87. The number of unbranched alkanes of at least 4 members (excludes halogenated alkanes) is 3. The molecule has 0 spiro atoms. The molecule has 0 fully saturated rings. The number of carbonyl (C=O) groups excluding carboxylic acids is 2. The standard InChI is InChI=1S/C10H18O2.C6H10O2/c1-4-5-6-7-8-12-10(11)9(2)3;1-4-8-6(7)5(2)3/h2,4-8H2,1,3H3;2,4H2,1,3H3. The zero-order valence-corrected chi connectivity index (χ0v) is 13.3. The van der Waals surface area contributed by atoms with E-state index in [0.717, 1.165) is 12.8 Å². The summed E-state index contributed by atoms with van der Waals surface area (Å²) in [7, 11) is 0. The molecule has 0 aromatic carbocycles. The number of carbonyl (C=O) groups is 2. The third-order valence-corrected chi connectivity index (χ3v) is 2.20. The summed E-state index contributed by atoms with van der Waals surface area (Å²) in [6, 6.07) is 0. The van der Waals surface area contributed by atoms with Gasteiger partial charge in [-0.05, 0) is 27.2 Å². The lowest BCUT2D eigenvalue weighted by atomic mass is 10.2. The largest absolute Gasteiger partial charge is 0.463 e. The molecule has 0 atom stereocenters. The van der Waals surface area contributed by atoms with Gasteiger partial charge in [-0.1, -0.05) is 39.3 Å². The summed E-state index contributed by atoms with van der Waals surface area (Å²) in [4.78, 5) is 21.3. The zero-order valence-electron chi connectivity index (χ0n) is 13.3. The first-order valence-electron chi connectivity index (χ1n) is 7.02. The third kappa shape index (κ3) is 14.5. The summed E-state index contributed by atoms with van der Waals surface area (Å²) in [6.07, 6.45) is 4.52. The second kappa shape index (κ2) is 13.8. The van der Waals surface area contributed by atoms with Gasteiger partial charge >= 0.3 is 11.9 Å². The average molecular weight is 284 g/mol.